The number of allylic oxidation sites excluding steroid dienone is 12. The number of fused-ring (bicyclic) bond motifs is 4. The van der Waals surface area contributed by atoms with Gasteiger partial charge >= 0.3 is 30.4 Å². The van der Waals surface area contributed by atoms with Crippen LogP contribution in [-0.4, -0.2) is 71.7 Å². The van der Waals surface area contributed by atoms with Crippen molar-refractivity contribution in [2.45, 2.75) is 160 Å². The maximum Gasteiger partial charge on any atom is 0.361 e. The van der Waals surface area contributed by atoms with Crippen LogP contribution in [-0.2, 0) is 54.5 Å². The number of hydrogen-bond donors (Lipinski definition) is 0. The zero-order valence-electron chi connectivity index (χ0n) is 53.0. The van der Waals surface area contributed by atoms with Crippen LogP contribution in [0.25, 0.3) is 22.3 Å². The van der Waals surface area contributed by atoms with Crippen molar-refractivity contribution in [3.8, 4) is 0 Å². The Morgan fingerprint density at radius 2 is 0.386 bits per heavy atom. The second kappa shape index (κ2) is 27.3. The van der Waals surface area contributed by atoms with E-state index in [1.165, 1.54) is 0 Å². The quantitative estimate of drug-likeness (QED) is 0.0604. The molecule has 0 saturated carbocycles. The van der Waals surface area contributed by atoms with Crippen molar-refractivity contribution in [2.75, 3.05) is 0 Å². The smallest absolute Gasteiger partial charge is 0.302 e. The summed E-state index contributed by atoms with van der Waals surface area (Å²) in [5.41, 5.74) is 10.0. The topological polar surface area (TPSA) is 192 Å². The highest BCUT2D eigenvalue weighted by molar-refractivity contribution is 7.63. The molecule has 0 saturated heterocycles. The predicted molar refractivity (Wildman–Crippen MR) is 358 cm³/mol. The van der Waals surface area contributed by atoms with Crippen molar-refractivity contribution in [3.63, 3.8) is 0 Å². The molecular weight excluding hydrogens is 1190 g/mol. The van der Waals surface area contributed by atoms with Crippen molar-refractivity contribution in [1.29, 1.82) is 0 Å². The maximum absolute atomic E-state index is 14.5. The zero-order chi connectivity index (χ0) is 63.6. The summed E-state index contributed by atoms with van der Waals surface area (Å²) in [7, 11) is -15.1. The lowest BCUT2D eigenvalue weighted by Crippen LogP contribution is -2.17. The molecule has 0 atom stereocenters. The largest absolute Gasteiger partial charge is 0.361 e. The molecule has 4 aromatic carbocycles. The van der Waals surface area contributed by atoms with Gasteiger partial charge in [0.15, 0.2) is 0 Å². The van der Waals surface area contributed by atoms with Crippen LogP contribution in [0.2, 0.25) is 0 Å². The van der Waals surface area contributed by atoms with Crippen molar-refractivity contribution in [1.82, 2.24) is 0 Å². The molecule has 0 aliphatic carbocycles. The first-order valence-electron chi connectivity index (χ1n) is 29.9. The van der Waals surface area contributed by atoms with Crippen LogP contribution in [0, 0.1) is 0 Å². The van der Waals surface area contributed by atoms with Crippen LogP contribution >= 0.6 is 30.4 Å². The van der Waals surface area contributed by atoms with Gasteiger partial charge < -0.3 is 36.2 Å². The van der Waals surface area contributed by atoms with E-state index in [-0.39, 0.29) is 48.8 Å². The SMILES string of the molecule is CC(C)OP(=O)(OC(C)C)c1ccc(C2=C3C=CC(=N3)C(c3ccc(P(=O)(OC(C)C)OC(C)C)cc3)=C3C=CC(=N3)C(c3ccc(P(=O)(OC(C)C)OC(C)C)cc3)=C3C=CC(=N3)C(c3ccc(P(=O)(OC(C)C)OC(C)C)cc3)=C3C=CC2=N3)cc1. The molecule has 0 unspecified atom stereocenters. The Bertz CT molecular complexity index is 3360. The Labute approximate surface area is 518 Å². The van der Waals surface area contributed by atoms with Gasteiger partial charge in [0, 0.05) is 22.3 Å². The lowest BCUT2D eigenvalue weighted by molar-refractivity contribution is 0.149. The molecule has 5 aliphatic heterocycles. The third-order valence-corrected chi connectivity index (χ3v) is 22.6. The molecule has 20 heteroatoms. The van der Waals surface area contributed by atoms with Gasteiger partial charge in [-0.25, -0.2) is 20.0 Å². The second-order valence-corrected chi connectivity index (χ2v) is 31.5. The highest BCUT2D eigenvalue weighted by Crippen LogP contribution is 2.53. The van der Waals surface area contributed by atoms with Gasteiger partial charge in [-0.05, 0) is 230 Å². The first kappa shape index (κ1) is 66.5. The summed E-state index contributed by atoms with van der Waals surface area (Å²) >= 11 is 0. The van der Waals surface area contributed by atoms with Gasteiger partial charge in [-0.15, -0.1) is 0 Å². The van der Waals surface area contributed by atoms with E-state index in [2.05, 4.69) is 0 Å². The van der Waals surface area contributed by atoms with Gasteiger partial charge in [-0.1, -0.05) is 48.5 Å². The van der Waals surface area contributed by atoms with Gasteiger partial charge in [0.2, 0.25) is 0 Å². The second-order valence-electron chi connectivity index (χ2n) is 23.8. The molecule has 16 nitrogen and oxygen atoms in total. The van der Waals surface area contributed by atoms with Gasteiger partial charge in [0.25, 0.3) is 0 Å². The van der Waals surface area contributed by atoms with Gasteiger partial charge in [0.1, 0.15) is 0 Å². The first-order chi connectivity index (χ1) is 41.6. The van der Waals surface area contributed by atoms with Crippen molar-refractivity contribution < 1.29 is 54.5 Å². The van der Waals surface area contributed by atoms with Crippen molar-refractivity contribution in [3.05, 3.63) is 191 Å². The summed E-state index contributed by atoms with van der Waals surface area (Å²) in [6.07, 6.45) is 12.4. The number of aliphatic imine (C=N–C) groups is 4. The molecule has 88 heavy (non-hydrogen) atoms. The average Bonchev–Trinajstić information content (AvgIpc) is 3.43. The lowest BCUT2D eigenvalue weighted by atomic mass is 9.98. The van der Waals surface area contributed by atoms with E-state index in [9.17, 15) is 18.3 Å². The summed E-state index contributed by atoms with van der Waals surface area (Å²) in [6, 6.07) is 29.1. The molecule has 0 aromatic heterocycles. The van der Waals surface area contributed by atoms with Crippen molar-refractivity contribution in [2.24, 2.45) is 20.0 Å². The van der Waals surface area contributed by atoms with Crippen LogP contribution in [0.5, 0.6) is 0 Å². The third kappa shape index (κ3) is 15.1. The highest BCUT2D eigenvalue weighted by atomic mass is 31.2. The van der Waals surface area contributed by atoms with E-state index in [1.54, 1.807) is 48.5 Å². The minimum Gasteiger partial charge on any atom is -0.302 e. The molecule has 0 spiro atoms. The van der Waals surface area contributed by atoms with Gasteiger partial charge in [-0.3, -0.25) is 18.3 Å². The van der Waals surface area contributed by atoms with E-state index in [0.29, 0.717) is 111 Å². The van der Waals surface area contributed by atoms with E-state index >= 15 is 0 Å². The number of nitrogens with zero attached hydrogens (tertiary/aromatic N) is 4. The van der Waals surface area contributed by atoms with Crippen LogP contribution in [0.15, 0.2) is 188 Å². The third-order valence-electron chi connectivity index (χ3n) is 13.3. The maximum atomic E-state index is 14.5. The number of hydrogen-bond acceptors (Lipinski definition) is 16. The molecule has 4 aromatic rings. The first-order valence-corrected chi connectivity index (χ1v) is 36.1. The standard InChI is InChI=1S/C68H80N4O12P4/c1-41(2)77-85(73,78-42(3)4)53-25-17-49(18-26-53)65-57-33-35-59(69-57)66(50-19-27-54(28-20-50)86(74,79-43(5)6)80-44(7)8)61-37-39-63(71-61)68(52-23-31-56(32-24-52)88(76,83-47(13)14)84-48(15)16)64-40-38-62(72-64)67(60-36-34-58(65)70-60)51-21-29-55(30-22-51)87(75,81-45(9)10)82-46(11)12/h17-48H,1-16H3. The van der Waals surface area contributed by atoms with Gasteiger partial charge in [-0.2, -0.15) is 0 Å². The normalized spacial score (nSPS) is 16.5. The number of rotatable bonds is 24. The fourth-order valence-corrected chi connectivity index (χ4v) is 18.0. The molecule has 0 amide bonds. The van der Waals surface area contributed by atoms with E-state index in [0.717, 1.165) is 0 Å². The molecule has 0 N–H and O–H groups in total. The minimum absolute atomic E-state index is 0.384. The Morgan fingerprint density at radius 3 is 0.523 bits per heavy atom. The summed E-state index contributed by atoms with van der Waals surface area (Å²) < 4.78 is 106. The van der Waals surface area contributed by atoms with Crippen LogP contribution in [0.4, 0.5) is 0 Å². The van der Waals surface area contributed by atoms with Crippen LogP contribution < -0.4 is 21.2 Å². The molecular formula is C68H80N4O12P4. The summed E-state index contributed by atoms with van der Waals surface area (Å²) in [5, 5.41) is 1.58. The minimum atomic E-state index is -3.77. The Kier molecular flexibility index (Phi) is 20.6. The molecule has 464 valence electrons. The van der Waals surface area contributed by atoms with E-state index < -0.39 is 30.4 Å². The fraction of sp³-hybridized carbons (Fsp3) is 0.353. The van der Waals surface area contributed by atoms with Crippen molar-refractivity contribution >= 4 is 96.7 Å². The average molecular weight is 1270 g/mol. The van der Waals surface area contributed by atoms with Crippen LogP contribution in [0.1, 0.15) is 133 Å². The Hall–Kier alpha value is -5.92. The van der Waals surface area contributed by atoms with Gasteiger partial charge in [0.05, 0.1) is 116 Å². The molecule has 9 rings (SSSR count). The molecule has 8 bridgehead atoms. The van der Waals surface area contributed by atoms with E-state index in [1.807, 2.05) is 208 Å². The molecule has 5 aliphatic rings. The fourth-order valence-electron chi connectivity index (χ4n) is 10.3. The summed E-state index contributed by atoms with van der Waals surface area (Å²) in [6.45, 7) is 29.1. The Morgan fingerprint density at radius 1 is 0.239 bits per heavy atom. The lowest BCUT2D eigenvalue weighted by Gasteiger charge is -2.23. The summed E-state index contributed by atoms with van der Waals surface area (Å²) in [5.74, 6) is 0. The highest BCUT2D eigenvalue weighted by Gasteiger charge is 2.36. The van der Waals surface area contributed by atoms with Crippen LogP contribution in [0.3, 0.4) is 0 Å². The predicted octanol–water partition coefficient (Wildman–Crippen LogP) is 16.4. The molecule has 5 heterocycles. The molecule has 0 radical (unpaired) electrons. The summed E-state index contributed by atoms with van der Waals surface area (Å²) in [4.78, 5) is 21.8. The van der Waals surface area contributed by atoms with E-state index in [4.69, 9.17) is 56.2 Å². The monoisotopic (exact) mass is 1270 g/mol. The number of benzene rings is 4. The molecule has 0 fully saturated rings. The zero-order valence-corrected chi connectivity index (χ0v) is 56.5. The Balaban J connectivity index is 1.32.